The molecule has 9 heteroatoms. The van der Waals surface area contributed by atoms with E-state index < -0.39 is 0 Å². The second kappa shape index (κ2) is 9.64. The van der Waals surface area contributed by atoms with Crippen LogP contribution in [0.4, 0.5) is 5.95 Å². The number of rotatable bonds is 5. The Kier molecular flexibility index (Phi) is 6.60. The largest absolute Gasteiger partial charge is 0.496 e. The molecule has 1 N–H and O–H groups in total. The summed E-state index contributed by atoms with van der Waals surface area (Å²) in [6, 6.07) is 9.86. The second-order valence-corrected chi connectivity index (χ2v) is 9.80. The van der Waals surface area contributed by atoms with Gasteiger partial charge in [0.15, 0.2) is 0 Å². The van der Waals surface area contributed by atoms with E-state index in [1.54, 1.807) is 13.2 Å². The van der Waals surface area contributed by atoms with E-state index in [2.05, 4.69) is 20.9 Å². The minimum Gasteiger partial charge on any atom is -0.496 e. The van der Waals surface area contributed by atoms with Gasteiger partial charge in [-0.1, -0.05) is 23.2 Å². The molecule has 3 heterocycles. The van der Waals surface area contributed by atoms with Gasteiger partial charge < -0.3 is 19.7 Å². The van der Waals surface area contributed by atoms with Crippen molar-refractivity contribution in [3.63, 3.8) is 0 Å². The maximum absolute atomic E-state index is 12.8. The molecule has 2 aromatic carbocycles. The van der Waals surface area contributed by atoms with Crippen molar-refractivity contribution in [3.8, 4) is 11.4 Å². The predicted molar refractivity (Wildman–Crippen MR) is 135 cm³/mol. The molecular formula is C25H28Cl2N4O3. The van der Waals surface area contributed by atoms with Gasteiger partial charge in [0.25, 0.3) is 0 Å². The minimum absolute atomic E-state index is 0.00166. The minimum atomic E-state index is 0.00166. The molecule has 0 saturated carbocycles. The quantitative estimate of drug-likeness (QED) is 0.544. The molecule has 1 atom stereocenters. The first-order valence-electron chi connectivity index (χ1n) is 11.6. The lowest BCUT2D eigenvalue weighted by atomic mass is 9.95. The Labute approximate surface area is 208 Å². The zero-order chi connectivity index (χ0) is 23.8. The number of hydrogen-bond acceptors (Lipinski definition) is 5. The fraction of sp³-hybridized carbons (Fsp3) is 0.440. The van der Waals surface area contributed by atoms with Crippen molar-refractivity contribution in [2.45, 2.75) is 32.2 Å². The van der Waals surface area contributed by atoms with Crippen LogP contribution in [0.5, 0.6) is 5.75 Å². The summed E-state index contributed by atoms with van der Waals surface area (Å²) in [5, 5.41) is 4.11. The Morgan fingerprint density at radius 3 is 2.59 bits per heavy atom. The maximum Gasteiger partial charge on any atom is 0.223 e. The van der Waals surface area contributed by atoms with Crippen LogP contribution in [0.25, 0.3) is 16.7 Å². The number of piperidine rings is 1. The van der Waals surface area contributed by atoms with Crippen LogP contribution in [-0.2, 0) is 9.53 Å². The molecule has 5 rings (SSSR count). The number of halogens is 2. The molecule has 2 aliphatic heterocycles. The fourth-order valence-corrected chi connectivity index (χ4v) is 5.15. The van der Waals surface area contributed by atoms with Gasteiger partial charge in [0.2, 0.25) is 11.9 Å². The van der Waals surface area contributed by atoms with Crippen LogP contribution in [0.3, 0.4) is 0 Å². The van der Waals surface area contributed by atoms with Crippen molar-refractivity contribution in [1.82, 2.24) is 14.9 Å². The van der Waals surface area contributed by atoms with E-state index in [1.807, 2.05) is 25.1 Å². The number of benzene rings is 2. The van der Waals surface area contributed by atoms with E-state index >= 15 is 0 Å². The number of anilines is 1. The fourth-order valence-electron chi connectivity index (χ4n) is 4.84. The van der Waals surface area contributed by atoms with Crippen molar-refractivity contribution in [3.05, 3.63) is 45.9 Å². The molecule has 0 spiro atoms. The Morgan fingerprint density at radius 2 is 1.91 bits per heavy atom. The lowest BCUT2D eigenvalue weighted by Crippen LogP contribution is -2.44. The summed E-state index contributed by atoms with van der Waals surface area (Å²) < 4.78 is 12.9. The summed E-state index contributed by atoms with van der Waals surface area (Å²) >= 11 is 12.7. The molecule has 0 aliphatic carbocycles. The molecular weight excluding hydrogens is 475 g/mol. The van der Waals surface area contributed by atoms with Crippen LogP contribution < -0.4 is 15.0 Å². The molecule has 3 aromatic rings. The van der Waals surface area contributed by atoms with Crippen LogP contribution in [0.1, 0.15) is 24.8 Å². The molecule has 7 nitrogen and oxygen atoms in total. The maximum atomic E-state index is 12.8. The third-order valence-electron chi connectivity index (χ3n) is 6.74. The summed E-state index contributed by atoms with van der Waals surface area (Å²) in [5.74, 6) is 1.78. The van der Waals surface area contributed by atoms with E-state index in [1.165, 1.54) is 0 Å². The van der Waals surface area contributed by atoms with Gasteiger partial charge in [0, 0.05) is 31.3 Å². The zero-order valence-corrected chi connectivity index (χ0v) is 20.8. The van der Waals surface area contributed by atoms with Gasteiger partial charge in [0.05, 0.1) is 40.8 Å². The number of aryl methyl sites for hydroxylation is 1. The number of carbonyl (C=O) groups excluding carboxylic acids is 1. The Morgan fingerprint density at radius 1 is 1.15 bits per heavy atom. The summed E-state index contributed by atoms with van der Waals surface area (Å²) in [7, 11) is 1.67. The van der Waals surface area contributed by atoms with Crippen molar-refractivity contribution in [2.24, 2.45) is 5.92 Å². The average Bonchev–Trinajstić information content (AvgIpc) is 3.47. The molecule has 0 radical (unpaired) electrons. The molecule has 2 aliphatic rings. The Hall–Kier alpha value is -2.48. The topological polar surface area (TPSA) is 68.6 Å². The Bertz CT molecular complexity index is 1210. The number of carbonyl (C=O) groups is 1. The number of methoxy groups -OCH3 is 1. The summed E-state index contributed by atoms with van der Waals surface area (Å²) in [5.41, 5.74) is 3.66. The smallest absolute Gasteiger partial charge is 0.223 e. The van der Waals surface area contributed by atoms with Crippen molar-refractivity contribution >= 4 is 46.1 Å². The number of hydrogen-bond donors (Lipinski definition) is 1. The highest BCUT2D eigenvalue weighted by atomic mass is 35.5. The third-order valence-corrected chi connectivity index (χ3v) is 7.46. The number of nitrogens with zero attached hydrogens (tertiary/aromatic N) is 3. The van der Waals surface area contributed by atoms with Gasteiger partial charge in [-0.25, -0.2) is 4.98 Å². The highest BCUT2D eigenvalue weighted by molar-refractivity contribution is 6.42. The number of imidazole rings is 1. The summed E-state index contributed by atoms with van der Waals surface area (Å²) in [6.45, 7) is 4.82. The van der Waals surface area contributed by atoms with Gasteiger partial charge in [0.1, 0.15) is 5.75 Å². The molecule has 2 fully saturated rings. The third kappa shape index (κ3) is 4.44. The van der Waals surface area contributed by atoms with Crippen LogP contribution in [0.15, 0.2) is 30.3 Å². The van der Waals surface area contributed by atoms with Crippen molar-refractivity contribution in [2.75, 3.05) is 38.3 Å². The van der Waals surface area contributed by atoms with Crippen LogP contribution in [0, 0.1) is 12.8 Å². The molecule has 0 bridgehead atoms. The molecule has 1 aromatic heterocycles. The van der Waals surface area contributed by atoms with E-state index in [-0.39, 0.29) is 17.9 Å². The first-order chi connectivity index (χ1) is 16.4. The number of fused-ring (bicyclic) bond motifs is 1. The Balaban J connectivity index is 1.44. The normalized spacial score (nSPS) is 19.1. The monoisotopic (exact) mass is 502 g/mol. The van der Waals surface area contributed by atoms with E-state index in [0.717, 1.165) is 72.9 Å². The van der Waals surface area contributed by atoms with Crippen LogP contribution in [0.2, 0.25) is 10.0 Å². The lowest BCUT2D eigenvalue weighted by Gasteiger charge is -2.33. The van der Waals surface area contributed by atoms with Gasteiger partial charge in [-0.15, -0.1) is 0 Å². The van der Waals surface area contributed by atoms with Gasteiger partial charge in [-0.2, -0.15) is 0 Å². The SMILES string of the molecule is COc1ccc(-n2c(N3CCC(C(=O)N[C@@H]4CCOC4)CC3)nc3cc(Cl)c(Cl)cc32)cc1C. The first kappa shape index (κ1) is 23.3. The van der Waals surface area contributed by atoms with Crippen molar-refractivity contribution < 1.29 is 14.3 Å². The molecule has 34 heavy (non-hydrogen) atoms. The highest BCUT2D eigenvalue weighted by Crippen LogP contribution is 2.35. The number of nitrogens with one attached hydrogen (secondary N) is 1. The molecule has 0 unspecified atom stereocenters. The molecule has 1 amide bonds. The first-order valence-corrected chi connectivity index (χ1v) is 12.4. The van der Waals surface area contributed by atoms with Gasteiger partial charge in [-0.3, -0.25) is 9.36 Å². The van der Waals surface area contributed by atoms with Crippen molar-refractivity contribution in [1.29, 1.82) is 0 Å². The zero-order valence-electron chi connectivity index (χ0n) is 19.3. The van der Waals surface area contributed by atoms with E-state index in [4.69, 9.17) is 37.7 Å². The second-order valence-electron chi connectivity index (χ2n) is 8.99. The standard InChI is InChI=1S/C25H28Cl2N4O3/c1-15-11-18(3-4-23(15)33-2)31-22-13-20(27)19(26)12-21(22)29-25(31)30-8-5-16(6-9-30)24(32)28-17-7-10-34-14-17/h3-4,11-13,16-17H,5-10,14H2,1-2H3,(H,28,32)/t17-/m1/s1. The summed E-state index contributed by atoms with van der Waals surface area (Å²) in [4.78, 5) is 19.9. The van der Waals surface area contributed by atoms with E-state index in [0.29, 0.717) is 16.7 Å². The van der Waals surface area contributed by atoms with Crippen LogP contribution >= 0.6 is 23.2 Å². The lowest BCUT2D eigenvalue weighted by molar-refractivity contribution is -0.126. The average molecular weight is 503 g/mol. The number of ether oxygens (including phenoxy) is 2. The predicted octanol–water partition coefficient (Wildman–Crippen LogP) is 4.77. The molecule has 2 saturated heterocycles. The molecule has 180 valence electrons. The van der Waals surface area contributed by atoms with E-state index in [9.17, 15) is 4.79 Å². The number of amides is 1. The van der Waals surface area contributed by atoms with Gasteiger partial charge in [-0.05, 0) is 62.1 Å². The van der Waals surface area contributed by atoms with Gasteiger partial charge >= 0.3 is 0 Å². The highest BCUT2D eigenvalue weighted by Gasteiger charge is 2.30. The van der Waals surface area contributed by atoms with Crippen LogP contribution in [-0.4, -0.2) is 54.9 Å². The number of aromatic nitrogens is 2. The summed E-state index contributed by atoms with van der Waals surface area (Å²) in [6.07, 6.45) is 2.43.